The van der Waals surface area contributed by atoms with Gasteiger partial charge in [-0.3, -0.25) is 0 Å². The Morgan fingerprint density at radius 3 is 1.48 bits per heavy atom. The van der Waals surface area contributed by atoms with Gasteiger partial charge in [-0.1, -0.05) is 83.6 Å². The van der Waals surface area contributed by atoms with Crippen LogP contribution in [-0.4, -0.2) is 28.4 Å². The highest BCUT2D eigenvalue weighted by molar-refractivity contribution is 5.96. The number of hydrogen-bond acceptors (Lipinski definition) is 3. The first-order chi connectivity index (χ1) is 14.0. The summed E-state index contributed by atoms with van der Waals surface area (Å²) in [5.41, 5.74) is 0.335. The van der Waals surface area contributed by atoms with Crippen LogP contribution in [0.25, 0.3) is 0 Å². The molecule has 0 atom stereocenters. The number of aromatic carboxylic acids is 2. The van der Waals surface area contributed by atoms with Crippen molar-refractivity contribution >= 4 is 18.2 Å². The molecule has 0 amide bonds. The predicted octanol–water partition coefficient (Wildman–Crippen LogP) is 6.67. The van der Waals surface area contributed by atoms with E-state index in [0.29, 0.717) is 0 Å². The van der Waals surface area contributed by atoms with E-state index in [9.17, 15) is 14.4 Å². The minimum Gasteiger partial charge on any atom is -0.478 e. The van der Waals surface area contributed by atoms with Crippen LogP contribution in [0, 0.1) is 6.92 Å². The maximum absolute atomic E-state index is 10.6. The van der Waals surface area contributed by atoms with Crippen molar-refractivity contribution in [2.24, 2.45) is 0 Å². The highest BCUT2D eigenvalue weighted by atomic mass is 16.4. The first kappa shape index (κ1) is 26.8. The summed E-state index contributed by atoms with van der Waals surface area (Å²) in [6.45, 7) is 3.75. The van der Waals surface area contributed by atoms with Crippen LogP contribution < -0.4 is 0 Å². The molecule has 0 spiro atoms. The van der Waals surface area contributed by atoms with Crippen LogP contribution in [-0.2, 0) is 4.79 Å². The molecule has 0 saturated carbocycles. The Kier molecular flexibility index (Phi) is 16.6. The minimum absolute atomic E-state index is 0.0277. The number of carbonyl (C=O) groups is 3. The summed E-state index contributed by atoms with van der Waals surface area (Å²) >= 11 is 0. The smallest absolute Gasteiger partial charge is 0.335 e. The van der Waals surface area contributed by atoms with Gasteiger partial charge in [-0.15, -0.1) is 0 Å². The number of carbonyl (C=O) groups excluding carboxylic acids is 1. The molecule has 29 heavy (non-hydrogen) atoms. The molecule has 0 unspecified atom stereocenters. The summed E-state index contributed by atoms with van der Waals surface area (Å²) in [5.74, 6) is -2.22. The Morgan fingerprint density at radius 2 is 1.14 bits per heavy atom. The van der Waals surface area contributed by atoms with Crippen LogP contribution in [0.5, 0.6) is 0 Å². The van der Waals surface area contributed by atoms with Crippen molar-refractivity contribution in [2.45, 2.75) is 97.3 Å². The summed E-state index contributed by atoms with van der Waals surface area (Å²) in [4.78, 5) is 31.3. The van der Waals surface area contributed by atoms with E-state index >= 15 is 0 Å². The lowest BCUT2D eigenvalue weighted by Crippen LogP contribution is -2.06. The average Bonchev–Trinajstić information content (AvgIpc) is 2.69. The molecular weight excluding hydrogens is 368 g/mol. The number of hydrogen-bond donors (Lipinski definition) is 2. The molecule has 0 fully saturated rings. The van der Waals surface area contributed by atoms with E-state index in [-0.39, 0.29) is 16.7 Å². The van der Waals surface area contributed by atoms with Crippen molar-refractivity contribution in [3.05, 3.63) is 34.9 Å². The van der Waals surface area contributed by atoms with Crippen molar-refractivity contribution in [1.29, 1.82) is 0 Å². The molecule has 0 bridgehead atoms. The van der Waals surface area contributed by atoms with Crippen LogP contribution in [0.15, 0.2) is 18.2 Å². The van der Waals surface area contributed by atoms with Crippen molar-refractivity contribution in [2.75, 3.05) is 0 Å². The molecule has 1 aromatic rings. The van der Waals surface area contributed by atoms with Gasteiger partial charge >= 0.3 is 11.9 Å². The molecule has 0 saturated heterocycles. The number of rotatable bonds is 15. The van der Waals surface area contributed by atoms with E-state index in [1.54, 1.807) is 0 Å². The quantitative estimate of drug-likeness (QED) is 0.251. The first-order valence-electron chi connectivity index (χ1n) is 11.0. The first-order valence-corrected chi connectivity index (χ1v) is 11.0. The molecule has 5 heteroatoms. The lowest BCUT2D eigenvalue weighted by Gasteiger charge is -2.03. The Balaban J connectivity index is 0.000000551. The van der Waals surface area contributed by atoms with Gasteiger partial charge in [0.1, 0.15) is 6.29 Å². The molecule has 0 aliphatic heterocycles. The van der Waals surface area contributed by atoms with Crippen molar-refractivity contribution in [1.82, 2.24) is 0 Å². The molecule has 0 aliphatic carbocycles. The molecular formula is C24H38O5. The number of carboxylic acids is 2. The fourth-order valence-corrected chi connectivity index (χ4v) is 3.17. The van der Waals surface area contributed by atoms with Gasteiger partial charge in [0.25, 0.3) is 0 Å². The molecule has 1 aromatic carbocycles. The van der Waals surface area contributed by atoms with E-state index in [2.05, 4.69) is 6.92 Å². The van der Waals surface area contributed by atoms with Crippen molar-refractivity contribution in [3.63, 3.8) is 0 Å². The molecule has 1 rings (SSSR count). The number of unbranched alkanes of at least 4 members (excludes halogenated alkanes) is 12. The molecule has 164 valence electrons. The highest BCUT2D eigenvalue weighted by Gasteiger charge is 2.13. The topological polar surface area (TPSA) is 91.7 Å². The zero-order chi connectivity index (χ0) is 21.9. The second-order valence-corrected chi connectivity index (χ2v) is 7.43. The number of aldehydes is 1. The maximum Gasteiger partial charge on any atom is 0.335 e. The monoisotopic (exact) mass is 406 g/mol. The number of carboxylic acid groups (broad SMARTS) is 2. The zero-order valence-electron chi connectivity index (χ0n) is 18.1. The van der Waals surface area contributed by atoms with Gasteiger partial charge in [0.05, 0.1) is 11.1 Å². The van der Waals surface area contributed by atoms with E-state index < -0.39 is 11.9 Å². The van der Waals surface area contributed by atoms with Crippen LogP contribution in [0.1, 0.15) is 117 Å². The van der Waals surface area contributed by atoms with Crippen LogP contribution in [0.4, 0.5) is 0 Å². The average molecular weight is 407 g/mol. The van der Waals surface area contributed by atoms with Gasteiger partial charge in [0, 0.05) is 6.42 Å². The summed E-state index contributed by atoms with van der Waals surface area (Å²) in [7, 11) is 0. The lowest BCUT2D eigenvalue weighted by molar-refractivity contribution is -0.107. The van der Waals surface area contributed by atoms with E-state index in [0.717, 1.165) is 19.1 Å². The van der Waals surface area contributed by atoms with E-state index in [1.807, 2.05) is 0 Å². The van der Waals surface area contributed by atoms with Gasteiger partial charge in [0.2, 0.25) is 0 Å². The summed E-state index contributed by atoms with van der Waals surface area (Å²) < 4.78 is 0. The fraction of sp³-hybridized carbons (Fsp3) is 0.625. The molecule has 0 aromatic heterocycles. The number of benzene rings is 1. The van der Waals surface area contributed by atoms with E-state index in [1.165, 1.54) is 95.8 Å². The molecule has 0 heterocycles. The summed E-state index contributed by atoms with van der Waals surface area (Å²) in [6, 6.07) is 4.17. The van der Waals surface area contributed by atoms with Crippen molar-refractivity contribution < 1.29 is 24.6 Å². The second kappa shape index (κ2) is 17.9. The third kappa shape index (κ3) is 13.6. The molecule has 2 N–H and O–H groups in total. The lowest BCUT2D eigenvalue weighted by atomic mass is 10.0. The zero-order valence-corrected chi connectivity index (χ0v) is 18.1. The predicted molar refractivity (Wildman–Crippen MR) is 117 cm³/mol. The van der Waals surface area contributed by atoms with Crippen molar-refractivity contribution in [3.8, 4) is 0 Å². The second-order valence-electron chi connectivity index (χ2n) is 7.43. The van der Waals surface area contributed by atoms with Gasteiger partial charge in [0.15, 0.2) is 0 Å². The van der Waals surface area contributed by atoms with Gasteiger partial charge in [-0.2, -0.15) is 0 Å². The van der Waals surface area contributed by atoms with Crippen LogP contribution >= 0.6 is 0 Å². The normalized spacial score (nSPS) is 10.1. The Hall–Kier alpha value is -2.17. The van der Waals surface area contributed by atoms with E-state index in [4.69, 9.17) is 10.2 Å². The Morgan fingerprint density at radius 1 is 0.759 bits per heavy atom. The molecule has 5 nitrogen and oxygen atoms in total. The molecule has 0 radical (unpaired) electrons. The third-order valence-electron chi connectivity index (χ3n) is 4.97. The standard InChI is InChI=1S/C15H30O.C9H8O4/c1-2-3-4-5-6-7-8-9-10-11-12-13-14-15-16;1-5-6(8(10)11)3-2-4-7(5)9(12)13/h15H,2-14H2,1H3;2-4H,1H3,(H,10,11)(H,12,13). The SMILES string of the molecule is CCCCCCCCCCCCCCC=O.Cc1c(C(=O)O)cccc1C(=O)O. The third-order valence-corrected chi connectivity index (χ3v) is 4.97. The largest absolute Gasteiger partial charge is 0.478 e. The Labute approximate surface area is 175 Å². The van der Waals surface area contributed by atoms with Gasteiger partial charge in [-0.25, -0.2) is 9.59 Å². The highest BCUT2D eigenvalue weighted by Crippen LogP contribution is 2.14. The minimum atomic E-state index is -1.11. The molecule has 0 aliphatic rings. The summed E-state index contributed by atoms with van der Waals surface area (Å²) in [5, 5.41) is 17.4. The fourth-order valence-electron chi connectivity index (χ4n) is 3.17. The Bertz CT molecular complexity index is 563. The maximum atomic E-state index is 10.6. The van der Waals surface area contributed by atoms with Gasteiger partial charge in [-0.05, 0) is 31.0 Å². The van der Waals surface area contributed by atoms with Gasteiger partial charge < -0.3 is 15.0 Å². The summed E-state index contributed by atoms with van der Waals surface area (Å²) in [6.07, 6.45) is 18.1. The van der Waals surface area contributed by atoms with Crippen LogP contribution in [0.2, 0.25) is 0 Å². The van der Waals surface area contributed by atoms with Crippen LogP contribution in [0.3, 0.4) is 0 Å².